The van der Waals surface area contributed by atoms with Crippen LogP contribution < -0.4 is 15.8 Å². The lowest BCUT2D eigenvalue weighted by Crippen LogP contribution is -2.28. The van der Waals surface area contributed by atoms with Crippen molar-refractivity contribution >= 4 is 23.2 Å². The molecule has 0 radical (unpaired) electrons. The molecule has 0 bridgehead atoms. The number of rotatable bonds is 8. The molecule has 1 aromatic rings. The molecule has 1 amide bonds. The minimum absolute atomic E-state index is 0.166. The number of carbonyl (C=O) groups is 1. The van der Waals surface area contributed by atoms with Gasteiger partial charge in [0.2, 0.25) is 5.91 Å². The van der Waals surface area contributed by atoms with Crippen LogP contribution in [0.1, 0.15) is 19.8 Å². The average Bonchev–Trinajstić information content (AvgIpc) is 2.44. The molecule has 0 aliphatic carbocycles. The van der Waals surface area contributed by atoms with Gasteiger partial charge in [0, 0.05) is 19.3 Å². The molecule has 1 atom stereocenters. The first-order chi connectivity index (χ1) is 9.60. The summed E-state index contributed by atoms with van der Waals surface area (Å²) < 4.78 is 10.5. The molecule has 0 aliphatic rings. The molecule has 1 rings (SSSR count). The minimum Gasteiger partial charge on any atom is -0.492 e. The van der Waals surface area contributed by atoms with Crippen LogP contribution in [0.25, 0.3) is 0 Å². The Morgan fingerprint density at radius 3 is 2.80 bits per heavy atom. The third kappa shape index (κ3) is 5.36. The van der Waals surface area contributed by atoms with E-state index >= 15 is 0 Å². The van der Waals surface area contributed by atoms with Crippen LogP contribution in [0.2, 0.25) is 5.02 Å². The molecular weight excluding hydrogens is 280 g/mol. The second kappa shape index (κ2) is 8.79. The topological polar surface area (TPSA) is 73.6 Å². The summed E-state index contributed by atoms with van der Waals surface area (Å²) in [7, 11) is 1.53. The molecule has 0 heterocycles. The second-order valence-electron chi connectivity index (χ2n) is 4.34. The van der Waals surface area contributed by atoms with Crippen molar-refractivity contribution in [3.05, 3.63) is 23.2 Å². The van der Waals surface area contributed by atoms with Crippen molar-refractivity contribution in [2.75, 3.05) is 25.6 Å². The molecule has 0 saturated carbocycles. The first-order valence-electron chi connectivity index (χ1n) is 6.55. The van der Waals surface area contributed by atoms with E-state index < -0.39 is 0 Å². The normalized spacial score (nSPS) is 12.0. The van der Waals surface area contributed by atoms with Gasteiger partial charge in [0.15, 0.2) is 0 Å². The van der Waals surface area contributed by atoms with Gasteiger partial charge in [-0.05, 0) is 24.6 Å². The fraction of sp³-hybridized carbons (Fsp3) is 0.500. The lowest BCUT2D eigenvalue weighted by molar-refractivity contribution is -0.118. The summed E-state index contributed by atoms with van der Waals surface area (Å²) in [5, 5.41) is 3.22. The van der Waals surface area contributed by atoms with Gasteiger partial charge >= 0.3 is 0 Å². The SMILES string of the molecule is CCCOc1ccc(NC(=O)CC(CN)OC)cc1Cl. The number of carbonyl (C=O) groups excluding carboxylic acids is 1. The number of hydrogen-bond donors (Lipinski definition) is 2. The number of ether oxygens (including phenoxy) is 2. The second-order valence-corrected chi connectivity index (χ2v) is 4.75. The number of nitrogens with one attached hydrogen (secondary N) is 1. The van der Waals surface area contributed by atoms with Crippen molar-refractivity contribution < 1.29 is 14.3 Å². The van der Waals surface area contributed by atoms with Gasteiger partial charge in [-0.3, -0.25) is 4.79 Å². The Kier molecular flexibility index (Phi) is 7.36. The van der Waals surface area contributed by atoms with Crippen LogP contribution in [-0.4, -0.2) is 32.3 Å². The zero-order chi connectivity index (χ0) is 15.0. The molecule has 112 valence electrons. The van der Waals surface area contributed by atoms with Crippen molar-refractivity contribution in [2.45, 2.75) is 25.9 Å². The molecule has 5 nitrogen and oxygen atoms in total. The molecule has 1 aromatic carbocycles. The molecule has 0 aliphatic heterocycles. The fourth-order valence-corrected chi connectivity index (χ4v) is 1.82. The van der Waals surface area contributed by atoms with E-state index in [9.17, 15) is 4.79 Å². The Morgan fingerprint density at radius 1 is 1.50 bits per heavy atom. The highest BCUT2D eigenvalue weighted by Crippen LogP contribution is 2.27. The Morgan fingerprint density at radius 2 is 2.25 bits per heavy atom. The van der Waals surface area contributed by atoms with Gasteiger partial charge in [-0.1, -0.05) is 18.5 Å². The molecule has 20 heavy (non-hydrogen) atoms. The van der Waals surface area contributed by atoms with Crippen molar-refractivity contribution in [2.24, 2.45) is 5.73 Å². The molecule has 3 N–H and O–H groups in total. The molecule has 0 fully saturated rings. The van der Waals surface area contributed by atoms with Crippen molar-refractivity contribution in [3.8, 4) is 5.75 Å². The number of nitrogens with two attached hydrogens (primary N) is 1. The van der Waals surface area contributed by atoms with Gasteiger partial charge in [0.25, 0.3) is 0 Å². The van der Waals surface area contributed by atoms with E-state index in [1.54, 1.807) is 18.2 Å². The Hall–Kier alpha value is -1.30. The van der Waals surface area contributed by atoms with E-state index in [1.165, 1.54) is 7.11 Å². The first kappa shape index (κ1) is 16.8. The van der Waals surface area contributed by atoms with Gasteiger partial charge in [-0.25, -0.2) is 0 Å². The average molecular weight is 301 g/mol. The van der Waals surface area contributed by atoms with Crippen molar-refractivity contribution in [1.82, 2.24) is 0 Å². The fourth-order valence-electron chi connectivity index (χ4n) is 1.59. The Bertz CT molecular complexity index is 436. The molecule has 6 heteroatoms. The number of hydrogen-bond acceptors (Lipinski definition) is 4. The lowest BCUT2D eigenvalue weighted by Gasteiger charge is -2.13. The zero-order valence-electron chi connectivity index (χ0n) is 11.8. The number of anilines is 1. The molecule has 0 saturated heterocycles. The highest BCUT2D eigenvalue weighted by Gasteiger charge is 2.12. The smallest absolute Gasteiger partial charge is 0.227 e. The molecular formula is C14H21ClN2O3. The van der Waals surface area contributed by atoms with Crippen LogP contribution >= 0.6 is 11.6 Å². The summed E-state index contributed by atoms with van der Waals surface area (Å²) in [4.78, 5) is 11.8. The van der Waals surface area contributed by atoms with Gasteiger partial charge < -0.3 is 20.5 Å². The van der Waals surface area contributed by atoms with Crippen LogP contribution in [0, 0.1) is 0 Å². The van der Waals surface area contributed by atoms with Gasteiger partial charge in [0.05, 0.1) is 24.2 Å². The number of amides is 1. The quantitative estimate of drug-likeness (QED) is 0.773. The lowest BCUT2D eigenvalue weighted by atomic mass is 10.2. The minimum atomic E-state index is -0.280. The van der Waals surface area contributed by atoms with Gasteiger partial charge in [0.1, 0.15) is 5.75 Å². The summed E-state index contributed by atoms with van der Waals surface area (Å²) in [6, 6.07) is 5.15. The standard InChI is InChI=1S/C14H21ClN2O3/c1-3-6-20-13-5-4-10(7-12(13)15)17-14(18)8-11(9-16)19-2/h4-5,7,11H,3,6,8-9,16H2,1-2H3,(H,17,18). The highest BCUT2D eigenvalue weighted by molar-refractivity contribution is 6.32. The van der Waals surface area contributed by atoms with Crippen LogP contribution in [0.3, 0.4) is 0 Å². The summed E-state index contributed by atoms with van der Waals surface area (Å²) in [5.74, 6) is 0.448. The molecule has 0 aromatic heterocycles. The zero-order valence-corrected chi connectivity index (χ0v) is 12.6. The van der Waals surface area contributed by atoms with Gasteiger partial charge in [-0.2, -0.15) is 0 Å². The Labute approximate surface area is 124 Å². The predicted octanol–water partition coefficient (Wildman–Crippen LogP) is 2.43. The van der Waals surface area contributed by atoms with E-state index in [4.69, 9.17) is 26.8 Å². The maximum absolute atomic E-state index is 11.8. The van der Waals surface area contributed by atoms with Crippen LogP contribution in [0.4, 0.5) is 5.69 Å². The summed E-state index contributed by atoms with van der Waals surface area (Å²) in [6.07, 6.45) is 0.836. The Balaban J connectivity index is 2.60. The number of methoxy groups -OCH3 is 1. The van der Waals surface area contributed by atoms with Crippen LogP contribution in [0.5, 0.6) is 5.75 Å². The van der Waals surface area contributed by atoms with E-state index in [0.717, 1.165) is 6.42 Å². The van der Waals surface area contributed by atoms with Crippen LogP contribution in [0.15, 0.2) is 18.2 Å². The van der Waals surface area contributed by atoms with E-state index in [2.05, 4.69) is 5.32 Å². The third-order valence-corrected chi connectivity index (χ3v) is 2.98. The summed E-state index contributed by atoms with van der Waals surface area (Å²) in [5.41, 5.74) is 6.09. The summed E-state index contributed by atoms with van der Waals surface area (Å²) >= 11 is 6.09. The maximum atomic E-state index is 11.8. The number of halogens is 1. The van der Waals surface area contributed by atoms with Crippen molar-refractivity contribution in [3.63, 3.8) is 0 Å². The largest absolute Gasteiger partial charge is 0.492 e. The van der Waals surface area contributed by atoms with Crippen molar-refractivity contribution in [1.29, 1.82) is 0 Å². The van der Waals surface area contributed by atoms with Crippen LogP contribution in [-0.2, 0) is 9.53 Å². The molecule has 1 unspecified atom stereocenters. The highest BCUT2D eigenvalue weighted by atomic mass is 35.5. The first-order valence-corrected chi connectivity index (χ1v) is 6.93. The van der Waals surface area contributed by atoms with E-state index in [-0.39, 0.29) is 18.4 Å². The number of benzene rings is 1. The maximum Gasteiger partial charge on any atom is 0.227 e. The monoisotopic (exact) mass is 300 g/mol. The third-order valence-electron chi connectivity index (χ3n) is 2.69. The predicted molar refractivity (Wildman–Crippen MR) is 80.3 cm³/mol. The van der Waals surface area contributed by atoms with E-state index in [1.807, 2.05) is 6.92 Å². The summed E-state index contributed by atoms with van der Waals surface area (Å²) in [6.45, 7) is 2.93. The van der Waals surface area contributed by atoms with Gasteiger partial charge in [-0.15, -0.1) is 0 Å². The van der Waals surface area contributed by atoms with E-state index in [0.29, 0.717) is 29.6 Å². The molecule has 0 spiro atoms.